The maximum absolute atomic E-state index is 12.6. The summed E-state index contributed by atoms with van der Waals surface area (Å²) in [4.78, 5) is 29.1. The van der Waals surface area contributed by atoms with Crippen LogP contribution in [0, 0.1) is 5.92 Å². The van der Waals surface area contributed by atoms with Gasteiger partial charge >= 0.3 is 12.0 Å². The first-order valence-corrected chi connectivity index (χ1v) is 7.62. The number of aliphatic carboxylic acids is 1. The zero-order valence-electron chi connectivity index (χ0n) is 13.9. The third kappa shape index (κ3) is 5.53. The Hall–Kier alpha value is -1.30. The average molecular weight is 299 g/mol. The summed E-state index contributed by atoms with van der Waals surface area (Å²) < 4.78 is 0. The zero-order valence-corrected chi connectivity index (χ0v) is 13.9. The molecule has 1 aliphatic rings. The van der Waals surface area contributed by atoms with Crippen molar-refractivity contribution in [2.75, 3.05) is 39.3 Å². The molecule has 6 heteroatoms. The molecular weight excluding hydrogens is 270 g/mol. The normalized spacial score (nSPS) is 17.1. The second-order valence-corrected chi connectivity index (χ2v) is 7.11. The highest BCUT2D eigenvalue weighted by Gasteiger charge is 2.33. The number of hydrogen-bond acceptors (Lipinski definition) is 3. The predicted molar refractivity (Wildman–Crippen MR) is 82.3 cm³/mol. The van der Waals surface area contributed by atoms with Crippen LogP contribution in [0.1, 0.15) is 34.6 Å². The van der Waals surface area contributed by atoms with Crippen molar-refractivity contribution < 1.29 is 14.7 Å². The van der Waals surface area contributed by atoms with Gasteiger partial charge < -0.3 is 14.9 Å². The number of carbonyl (C=O) groups excluding carboxylic acids is 1. The highest BCUT2D eigenvalue weighted by atomic mass is 16.4. The van der Waals surface area contributed by atoms with Gasteiger partial charge in [0.1, 0.15) is 6.54 Å². The maximum atomic E-state index is 12.6. The van der Waals surface area contributed by atoms with Crippen molar-refractivity contribution in [2.24, 2.45) is 5.92 Å². The molecule has 1 N–H and O–H groups in total. The Labute approximate surface area is 127 Å². The van der Waals surface area contributed by atoms with Crippen LogP contribution in [0.25, 0.3) is 0 Å². The average Bonchev–Trinajstić information content (AvgIpc) is 2.34. The Morgan fingerprint density at radius 1 is 1.14 bits per heavy atom. The van der Waals surface area contributed by atoms with Crippen molar-refractivity contribution in [3.8, 4) is 0 Å². The van der Waals surface area contributed by atoms with Crippen LogP contribution in [-0.2, 0) is 4.79 Å². The molecule has 6 nitrogen and oxygen atoms in total. The number of urea groups is 1. The van der Waals surface area contributed by atoms with E-state index in [0.29, 0.717) is 19.0 Å². The minimum atomic E-state index is -0.975. The first-order chi connectivity index (χ1) is 9.61. The summed E-state index contributed by atoms with van der Waals surface area (Å²) in [5.41, 5.74) is -0.495. The maximum Gasteiger partial charge on any atom is 0.323 e. The number of piperazine rings is 1. The molecule has 21 heavy (non-hydrogen) atoms. The molecule has 0 saturated carbocycles. The first-order valence-electron chi connectivity index (χ1n) is 7.62. The second kappa shape index (κ2) is 7.11. The van der Waals surface area contributed by atoms with Crippen molar-refractivity contribution in [1.29, 1.82) is 0 Å². The van der Waals surface area contributed by atoms with E-state index in [1.807, 2.05) is 20.8 Å². The lowest BCUT2D eigenvalue weighted by Gasteiger charge is -2.41. The Morgan fingerprint density at radius 3 is 2.05 bits per heavy atom. The molecule has 2 amide bonds. The molecule has 0 aromatic carbocycles. The summed E-state index contributed by atoms with van der Waals surface area (Å²) in [6.45, 7) is 13.8. The molecule has 1 fully saturated rings. The molecule has 1 rings (SSSR count). The summed E-state index contributed by atoms with van der Waals surface area (Å²) in [5, 5.41) is 9.02. The fourth-order valence-electron chi connectivity index (χ4n) is 2.54. The van der Waals surface area contributed by atoms with E-state index in [2.05, 4.69) is 18.7 Å². The van der Waals surface area contributed by atoms with E-state index in [1.165, 1.54) is 4.90 Å². The number of carbonyl (C=O) groups is 2. The van der Waals surface area contributed by atoms with Crippen molar-refractivity contribution in [2.45, 2.75) is 40.2 Å². The molecule has 0 aromatic rings. The van der Waals surface area contributed by atoms with E-state index in [0.717, 1.165) is 19.6 Å². The standard InChI is InChI=1S/C15H29N3O3/c1-12(2)10-16-6-8-17(9-7-16)14(21)18(11-13(19)20)15(3,4)5/h12H,6-11H2,1-5H3,(H,19,20). The molecule has 0 atom stereocenters. The molecule has 0 radical (unpaired) electrons. The van der Waals surface area contributed by atoms with Crippen LogP contribution in [0.15, 0.2) is 0 Å². The Kier molecular flexibility index (Phi) is 6.01. The molecule has 0 aromatic heterocycles. The van der Waals surface area contributed by atoms with Gasteiger partial charge in [-0.2, -0.15) is 0 Å². The van der Waals surface area contributed by atoms with Gasteiger partial charge in [0.15, 0.2) is 0 Å². The highest BCUT2D eigenvalue weighted by Crippen LogP contribution is 2.17. The monoisotopic (exact) mass is 299 g/mol. The third-order valence-electron chi connectivity index (χ3n) is 3.60. The van der Waals surface area contributed by atoms with E-state index in [4.69, 9.17) is 5.11 Å². The SMILES string of the molecule is CC(C)CN1CCN(C(=O)N(CC(=O)O)C(C)(C)C)CC1. The summed E-state index contributed by atoms with van der Waals surface area (Å²) in [6, 6.07) is -0.172. The number of nitrogens with zero attached hydrogens (tertiary/aromatic N) is 3. The predicted octanol–water partition coefficient (Wildman–Crippen LogP) is 1.57. The van der Waals surface area contributed by atoms with Gasteiger partial charge in [0, 0.05) is 38.3 Å². The summed E-state index contributed by atoms with van der Waals surface area (Å²) in [7, 11) is 0. The number of carboxylic acids is 1. The van der Waals surface area contributed by atoms with Crippen LogP contribution in [-0.4, -0.2) is 76.6 Å². The van der Waals surface area contributed by atoms with Gasteiger partial charge in [0.25, 0.3) is 0 Å². The largest absolute Gasteiger partial charge is 0.480 e. The second-order valence-electron chi connectivity index (χ2n) is 7.11. The van der Waals surface area contributed by atoms with E-state index in [9.17, 15) is 9.59 Å². The van der Waals surface area contributed by atoms with Crippen LogP contribution in [0.3, 0.4) is 0 Å². The molecule has 1 aliphatic heterocycles. The molecule has 122 valence electrons. The van der Waals surface area contributed by atoms with Crippen molar-refractivity contribution in [3.05, 3.63) is 0 Å². The zero-order chi connectivity index (χ0) is 16.2. The number of carboxylic acid groups (broad SMARTS) is 1. The summed E-state index contributed by atoms with van der Waals surface area (Å²) in [6.07, 6.45) is 0. The molecule has 0 bridgehead atoms. The lowest BCUT2D eigenvalue weighted by Crippen LogP contribution is -2.58. The topological polar surface area (TPSA) is 64.1 Å². The van der Waals surface area contributed by atoms with Gasteiger partial charge in [-0.25, -0.2) is 4.79 Å². The van der Waals surface area contributed by atoms with E-state index in [-0.39, 0.29) is 12.6 Å². The Morgan fingerprint density at radius 2 is 1.67 bits per heavy atom. The van der Waals surface area contributed by atoms with E-state index < -0.39 is 11.5 Å². The number of hydrogen-bond donors (Lipinski definition) is 1. The first kappa shape index (κ1) is 17.8. The van der Waals surface area contributed by atoms with Crippen molar-refractivity contribution in [1.82, 2.24) is 14.7 Å². The molecule has 1 heterocycles. The molecule has 0 aliphatic carbocycles. The lowest BCUT2D eigenvalue weighted by atomic mass is 10.1. The smallest absolute Gasteiger partial charge is 0.323 e. The van der Waals surface area contributed by atoms with Gasteiger partial charge in [-0.15, -0.1) is 0 Å². The van der Waals surface area contributed by atoms with Crippen molar-refractivity contribution in [3.63, 3.8) is 0 Å². The summed E-state index contributed by atoms with van der Waals surface area (Å²) in [5.74, 6) is -0.359. The minimum Gasteiger partial charge on any atom is -0.480 e. The Balaban J connectivity index is 2.63. The van der Waals surface area contributed by atoms with Crippen LogP contribution in [0.5, 0.6) is 0 Å². The quantitative estimate of drug-likeness (QED) is 0.856. The van der Waals surface area contributed by atoms with Crippen LogP contribution in [0.2, 0.25) is 0 Å². The fraction of sp³-hybridized carbons (Fsp3) is 0.867. The van der Waals surface area contributed by atoms with Crippen LogP contribution < -0.4 is 0 Å². The van der Waals surface area contributed by atoms with Gasteiger partial charge in [0.05, 0.1) is 0 Å². The van der Waals surface area contributed by atoms with Crippen LogP contribution in [0.4, 0.5) is 4.79 Å². The highest BCUT2D eigenvalue weighted by molar-refractivity contribution is 5.81. The minimum absolute atomic E-state index is 0.172. The van der Waals surface area contributed by atoms with Crippen molar-refractivity contribution >= 4 is 12.0 Å². The summed E-state index contributed by atoms with van der Waals surface area (Å²) >= 11 is 0. The number of rotatable bonds is 4. The van der Waals surface area contributed by atoms with E-state index in [1.54, 1.807) is 4.90 Å². The number of amides is 2. The van der Waals surface area contributed by atoms with Gasteiger partial charge in [-0.1, -0.05) is 13.8 Å². The van der Waals surface area contributed by atoms with Gasteiger partial charge in [-0.3, -0.25) is 9.69 Å². The van der Waals surface area contributed by atoms with Gasteiger partial charge in [-0.05, 0) is 26.7 Å². The van der Waals surface area contributed by atoms with Gasteiger partial charge in [0.2, 0.25) is 0 Å². The molecule has 0 unspecified atom stereocenters. The molecular formula is C15H29N3O3. The molecule has 0 spiro atoms. The van der Waals surface area contributed by atoms with E-state index >= 15 is 0 Å². The molecule has 1 saturated heterocycles. The third-order valence-corrected chi connectivity index (χ3v) is 3.60. The lowest BCUT2D eigenvalue weighted by molar-refractivity contribution is -0.138. The fourth-order valence-corrected chi connectivity index (χ4v) is 2.54. The Bertz CT molecular complexity index is 369. The van der Waals surface area contributed by atoms with Crippen LogP contribution >= 0.6 is 0 Å².